The standard InChI is InChI=1S/C29H26N2O5/c1-34-14-6-13-31-18-23(15-22(17-30)29(31)33)28(32)26-16-24(35-2)11-12-27(26)36-19-21-9-5-8-20-7-3-4-10-25(20)21/h3-5,7-12,15-16,18H,6,13-14,19H2,1-2H3. The van der Waals surface area contributed by atoms with Crippen molar-refractivity contribution in [3.8, 4) is 17.6 Å². The third-order valence-electron chi connectivity index (χ3n) is 5.91. The van der Waals surface area contributed by atoms with Crippen LogP contribution in [-0.4, -0.2) is 31.2 Å². The number of fused-ring (bicyclic) bond motifs is 1. The summed E-state index contributed by atoms with van der Waals surface area (Å²) in [6, 6.07) is 22.3. The van der Waals surface area contributed by atoms with Crippen molar-refractivity contribution in [2.45, 2.75) is 19.6 Å². The Kier molecular flexibility index (Phi) is 7.79. The molecule has 3 aromatic carbocycles. The lowest BCUT2D eigenvalue weighted by Crippen LogP contribution is -2.24. The summed E-state index contributed by atoms with van der Waals surface area (Å²) in [5, 5.41) is 11.7. The number of ketones is 1. The molecule has 0 atom stereocenters. The minimum absolute atomic E-state index is 0.0978. The average Bonchev–Trinajstić information content (AvgIpc) is 2.92. The van der Waals surface area contributed by atoms with Gasteiger partial charge in [-0.1, -0.05) is 42.5 Å². The highest BCUT2D eigenvalue weighted by molar-refractivity contribution is 6.11. The highest BCUT2D eigenvalue weighted by Gasteiger charge is 2.19. The van der Waals surface area contributed by atoms with Crippen molar-refractivity contribution in [2.75, 3.05) is 20.8 Å². The topological polar surface area (TPSA) is 90.5 Å². The van der Waals surface area contributed by atoms with E-state index in [1.54, 1.807) is 25.3 Å². The number of methoxy groups -OCH3 is 2. The van der Waals surface area contributed by atoms with Gasteiger partial charge in [-0.25, -0.2) is 0 Å². The SMILES string of the molecule is COCCCn1cc(C(=O)c2cc(OC)ccc2OCc2cccc3ccccc23)cc(C#N)c1=O. The second-order valence-electron chi connectivity index (χ2n) is 8.22. The summed E-state index contributed by atoms with van der Waals surface area (Å²) >= 11 is 0. The van der Waals surface area contributed by atoms with Crippen molar-refractivity contribution >= 4 is 16.6 Å². The number of hydrogen-bond acceptors (Lipinski definition) is 6. The van der Waals surface area contributed by atoms with Gasteiger partial charge < -0.3 is 18.8 Å². The van der Waals surface area contributed by atoms with Crippen LogP contribution in [-0.2, 0) is 17.9 Å². The number of nitrogens with zero attached hydrogens (tertiary/aromatic N) is 2. The average molecular weight is 483 g/mol. The van der Waals surface area contributed by atoms with E-state index in [0.29, 0.717) is 31.1 Å². The zero-order chi connectivity index (χ0) is 25.5. The molecule has 4 aromatic rings. The van der Waals surface area contributed by atoms with Crippen molar-refractivity contribution in [3.05, 3.63) is 106 Å². The van der Waals surface area contributed by atoms with E-state index in [1.165, 1.54) is 23.9 Å². The first-order chi connectivity index (χ1) is 17.5. The first kappa shape index (κ1) is 24.7. The summed E-state index contributed by atoms with van der Waals surface area (Å²) < 4.78 is 17.9. The highest BCUT2D eigenvalue weighted by atomic mass is 16.5. The number of carbonyl (C=O) groups excluding carboxylic acids is 1. The van der Waals surface area contributed by atoms with Gasteiger partial charge in [-0.2, -0.15) is 5.26 Å². The molecular formula is C29H26N2O5. The van der Waals surface area contributed by atoms with Crippen molar-refractivity contribution in [1.29, 1.82) is 5.26 Å². The van der Waals surface area contributed by atoms with Gasteiger partial charge in [0.2, 0.25) is 0 Å². The Morgan fingerprint density at radius 1 is 1.03 bits per heavy atom. The van der Waals surface area contributed by atoms with Crippen LogP contribution in [0.4, 0.5) is 0 Å². The van der Waals surface area contributed by atoms with Crippen molar-refractivity contribution in [2.24, 2.45) is 0 Å². The predicted octanol–water partition coefficient (Wildman–Crippen LogP) is 4.73. The Morgan fingerprint density at radius 3 is 2.61 bits per heavy atom. The van der Waals surface area contributed by atoms with Crippen molar-refractivity contribution in [3.63, 3.8) is 0 Å². The molecule has 0 aliphatic carbocycles. The molecule has 0 spiro atoms. The van der Waals surface area contributed by atoms with Crippen LogP contribution in [0.1, 0.15) is 33.5 Å². The Bertz CT molecular complexity index is 1490. The molecule has 7 nitrogen and oxygen atoms in total. The Labute approximate surface area is 209 Å². The summed E-state index contributed by atoms with van der Waals surface area (Å²) in [6.07, 6.45) is 2.05. The Hall–Kier alpha value is -4.41. The fourth-order valence-corrected chi connectivity index (χ4v) is 4.05. The smallest absolute Gasteiger partial charge is 0.268 e. The molecule has 0 bridgehead atoms. The largest absolute Gasteiger partial charge is 0.497 e. The molecule has 182 valence electrons. The fraction of sp³-hybridized carbons (Fsp3) is 0.207. The molecule has 1 heterocycles. The number of carbonyl (C=O) groups is 1. The number of aryl methyl sites for hydroxylation is 1. The van der Waals surface area contributed by atoms with E-state index in [9.17, 15) is 14.9 Å². The lowest BCUT2D eigenvalue weighted by atomic mass is 10.0. The maximum Gasteiger partial charge on any atom is 0.268 e. The van der Waals surface area contributed by atoms with E-state index in [0.717, 1.165) is 16.3 Å². The zero-order valence-electron chi connectivity index (χ0n) is 20.2. The monoisotopic (exact) mass is 482 g/mol. The molecule has 0 N–H and O–H groups in total. The summed E-state index contributed by atoms with van der Waals surface area (Å²) in [6.45, 7) is 1.04. The van der Waals surface area contributed by atoms with Crippen molar-refractivity contribution in [1.82, 2.24) is 4.57 Å². The highest BCUT2D eigenvalue weighted by Crippen LogP contribution is 2.28. The first-order valence-corrected chi connectivity index (χ1v) is 11.5. The summed E-state index contributed by atoms with van der Waals surface area (Å²) in [5.74, 6) is 0.493. The van der Waals surface area contributed by atoms with Gasteiger partial charge in [-0.15, -0.1) is 0 Å². The van der Waals surface area contributed by atoms with E-state index in [2.05, 4.69) is 0 Å². The normalized spacial score (nSPS) is 10.7. The van der Waals surface area contributed by atoms with Gasteiger partial charge in [0, 0.05) is 32.0 Å². The molecule has 1 aromatic heterocycles. The molecule has 36 heavy (non-hydrogen) atoms. The molecule has 4 rings (SSSR count). The molecule has 0 saturated carbocycles. The van der Waals surface area contributed by atoms with Gasteiger partial charge in [-0.05, 0) is 47.0 Å². The molecule has 0 aliphatic rings. The molecule has 0 saturated heterocycles. The minimum Gasteiger partial charge on any atom is -0.497 e. The molecule has 0 radical (unpaired) electrons. The maximum atomic E-state index is 13.6. The van der Waals surface area contributed by atoms with Crippen LogP contribution in [0.25, 0.3) is 10.8 Å². The number of aromatic nitrogens is 1. The molecular weight excluding hydrogens is 456 g/mol. The summed E-state index contributed by atoms with van der Waals surface area (Å²) in [4.78, 5) is 26.2. The third-order valence-corrected chi connectivity index (χ3v) is 5.91. The minimum atomic E-state index is -0.441. The third kappa shape index (κ3) is 5.29. The Morgan fingerprint density at radius 2 is 1.83 bits per heavy atom. The van der Waals surface area contributed by atoms with Gasteiger partial charge in [0.05, 0.1) is 12.7 Å². The van der Waals surface area contributed by atoms with Crippen LogP contribution >= 0.6 is 0 Å². The Balaban J connectivity index is 1.69. The van der Waals surface area contributed by atoms with Gasteiger partial charge in [0.15, 0.2) is 5.78 Å². The second kappa shape index (κ2) is 11.3. The number of hydrogen-bond donors (Lipinski definition) is 0. The van der Waals surface area contributed by atoms with Gasteiger partial charge >= 0.3 is 0 Å². The first-order valence-electron chi connectivity index (χ1n) is 11.5. The number of benzene rings is 3. The quantitative estimate of drug-likeness (QED) is 0.240. The summed E-state index contributed by atoms with van der Waals surface area (Å²) in [5.41, 5.74) is 0.941. The molecule has 0 fully saturated rings. The predicted molar refractivity (Wildman–Crippen MR) is 137 cm³/mol. The van der Waals surface area contributed by atoms with Crippen LogP contribution in [0.2, 0.25) is 0 Å². The van der Waals surface area contributed by atoms with Crippen LogP contribution in [0.3, 0.4) is 0 Å². The lowest BCUT2D eigenvalue weighted by Gasteiger charge is -2.14. The number of rotatable bonds is 10. The van der Waals surface area contributed by atoms with Gasteiger partial charge in [-0.3, -0.25) is 9.59 Å². The number of pyridine rings is 1. The van der Waals surface area contributed by atoms with E-state index in [1.807, 2.05) is 48.5 Å². The van der Waals surface area contributed by atoms with Crippen LogP contribution in [0.15, 0.2) is 77.7 Å². The second-order valence-corrected chi connectivity index (χ2v) is 8.22. The van der Waals surface area contributed by atoms with Gasteiger partial charge in [0.25, 0.3) is 5.56 Å². The summed E-state index contributed by atoms with van der Waals surface area (Å²) in [7, 11) is 3.09. The van der Waals surface area contributed by atoms with E-state index in [-0.39, 0.29) is 29.1 Å². The molecule has 7 heteroatoms. The maximum absolute atomic E-state index is 13.6. The van der Waals surface area contributed by atoms with E-state index in [4.69, 9.17) is 14.2 Å². The van der Waals surface area contributed by atoms with Crippen molar-refractivity contribution < 1.29 is 19.0 Å². The number of nitriles is 1. The number of ether oxygens (including phenoxy) is 3. The van der Waals surface area contributed by atoms with Crippen LogP contribution in [0.5, 0.6) is 11.5 Å². The van der Waals surface area contributed by atoms with Crippen LogP contribution in [0, 0.1) is 11.3 Å². The zero-order valence-corrected chi connectivity index (χ0v) is 20.2. The van der Waals surface area contributed by atoms with E-state index >= 15 is 0 Å². The van der Waals surface area contributed by atoms with Crippen LogP contribution < -0.4 is 15.0 Å². The fourth-order valence-electron chi connectivity index (χ4n) is 4.05. The van der Waals surface area contributed by atoms with Gasteiger partial charge in [0.1, 0.15) is 29.7 Å². The lowest BCUT2D eigenvalue weighted by molar-refractivity contribution is 0.103. The molecule has 0 unspecified atom stereocenters. The van der Waals surface area contributed by atoms with E-state index < -0.39 is 5.56 Å². The molecule has 0 amide bonds. The molecule has 0 aliphatic heterocycles.